The van der Waals surface area contributed by atoms with Crippen molar-refractivity contribution in [2.45, 2.75) is 19.4 Å². The zero-order valence-electron chi connectivity index (χ0n) is 9.96. The fourth-order valence-corrected chi connectivity index (χ4v) is 2.44. The van der Waals surface area contributed by atoms with Crippen LogP contribution in [0.5, 0.6) is 0 Å². The standard InChI is InChI=1S/C12H14N4S2/c1-2-9(12-14-5-6-18-12)16-10-4-3-8(7-15-10)11(13)17/h3-7,9H,2H2,1H3,(H2,13,17)(H,15,16). The number of thiocarbonyl (C=S) groups is 1. The van der Waals surface area contributed by atoms with E-state index in [4.69, 9.17) is 18.0 Å². The van der Waals surface area contributed by atoms with Gasteiger partial charge in [-0.25, -0.2) is 9.97 Å². The number of anilines is 1. The van der Waals surface area contributed by atoms with Gasteiger partial charge in [0.2, 0.25) is 0 Å². The molecular weight excluding hydrogens is 264 g/mol. The van der Waals surface area contributed by atoms with Crippen LogP contribution in [0, 0.1) is 0 Å². The summed E-state index contributed by atoms with van der Waals surface area (Å²) in [7, 11) is 0. The molecule has 0 aliphatic carbocycles. The smallest absolute Gasteiger partial charge is 0.126 e. The molecule has 2 aromatic heterocycles. The molecule has 0 amide bonds. The first-order valence-electron chi connectivity index (χ1n) is 5.62. The van der Waals surface area contributed by atoms with E-state index >= 15 is 0 Å². The highest BCUT2D eigenvalue weighted by atomic mass is 32.1. The third-order valence-electron chi connectivity index (χ3n) is 2.53. The number of pyridine rings is 1. The zero-order valence-corrected chi connectivity index (χ0v) is 11.6. The fourth-order valence-electron chi connectivity index (χ4n) is 1.55. The van der Waals surface area contributed by atoms with Crippen LogP contribution in [0.25, 0.3) is 0 Å². The number of hydrogen-bond acceptors (Lipinski definition) is 5. The van der Waals surface area contributed by atoms with Crippen LogP contribution in [0.2, 0.25) is 0 Å². The van der Waals surface area contributed by atoms with Crippen LogP contribution in [0.3, 0.4) is 0 Å². The van der Waals surface area contributed by atoms with Gasteiger partial charge in [0.1, 0.15) is 15.8 Å². The van der Waals surface area contributed by atoms with Crippen LogP contribution < -0.4 is 11.1 Å². The lowest BCUT2D eigenvalue weighted by Gasteiger charge is -2.15. The molecule has 0 aromatic carbocycles. The summed E-state index contributed by atoms with van der Waals surface area (Å²) in [6, 6.07) is 3.94. The average Bonchev–Trinajstić information content (AvgIpc) is 2.90. The van der Waals surface area contributed by atoms with Gasteiger partial charge in [0, 0.05) is 23.3 Å². The van der Waals surface area contributed by atoms with Gasteiger partial charge in [-0.1, -0.05) is 19.1 Å². The van der Waals surface area contributed by atoms with Crippen molar-refractivity contribution in [2.75, 3.05) is 5.32 Å². The molecular formula is C12H14N4S2. The Kier molecular flexibility index (Phi) is 4.22. The molecule has 4 nitrogen and oxygen atoms in total. The second-order valence-electron chi connectivity index (χ2n) is 3.77. The lowest BCUT2D eigenvalue weighted by molar-refractivity contribution is 0.737. The molecule has 0 aliphatic heterocycles. The van der Waals surface area contributed by atoms with E-state index in [1.807, 2.05) is 23.7 Å². The zero-order chi connectivity index (χ0) is 13.0. The van der Waals surface area contributed by atoms with Gasteiger partial charge in [0.15, 0.2) is 0 Å². The minimum Gasteiger partial charge on any atom is -0.389 e. The van der Waals surface area contributed by atoms with Gasteiger partial charge in [-0.05, 0) is 18.6 Å². The Bertz CT molecular complexity index is 507. The van der Waals surface area contributed by atoms with E-state index in [-0.39, 0.29) is 6.04 Å². The quantitative estimate of drug-likeness (QED) is 0.823. The molecule has 0 saturated carbocycles. The van der Waals surface area contributed by atoms with Crippen molar-refractivity contribution in [1.29, 1.82) is 0 Å². The lowest BCUT2D eigenvalue weighted by Crippen LogP contribution is -2.12. The van der Waals surface area contributed by atoms with Crippen molar-refractivity contribution in [3.05, 3.63) is 40.5 Å². The van der Waals surface area contributed by atoms with E-state index in [0.29, 0.717) is 4.99 Å². The summed E-state index contributed by atoms with van der Waals surface area (Å²) in [4.78, 5) is 8.97. The Morgan fingerprint density at radius 3 is 2.83 bits per heavy atom. The predicted molar refractivity (Wildman–Crippen MR) is 78.9 cm³/mol. The van der Waals surface area contributed by atoms with Gasteiger partial charge in [-0.2, -0.15) is 0 Å². The molecule has 0 spiro atoms. The number of thiazole rings is 1. The van der Waals surface area contributed by atoms with Gasteiger partial charge < -0.3 is 11.1 Å². The summed E-state index contributed by atoms with van der Waals surface area (Å²) >= 11 is 6.53. The molecule has 2 heterocycles. The lowest BCUT2D eigenvalue weighted by atomic mass is 10.2. The van der Waals surface area contributed by atoms with Crippen LogP contribution in [0.15, 0.2) is 29.9 Å². The summed E-state index contributed by atoms with van der Waals surface area (Å²) in [6.07, 6.45) is 4.44. The van der Waals surface area contributed by atoms with E-state index in [0.717, 1.165) is 22.8 Å². The fraction of sp³-hybridized carbons (Fsp3) is 0.250. The van der Waals surface area contributed by atoms with Gasteiger partial charge in [0.25, 0.3) is 0 Å². The minimum absolute atomic E-state index is 0.188. The van der Waals surface area contributed by atoms with Crippen LogP contribution in [0.1, 0.15) is 30.0 Å². The molecule has 2 rings (SSSR count). The monoisotopic (exact) mass is 278 g/mol. The number of nitrogens with two attached hydrogens (primary N) is 1. The van der Waals surface area contributed by atoms with Gasteiger partial charge in [0.05, 0.1) is 6.04 Å². The van der Waals surface area contributed by atoms with Crippen molar-refractivity contribution in [3.8, 4) is 0 Å². The number of rotatable bonds is 5. The average molecular weight is 278 g/mol. The Labute approximate surface area is 115 Å². The molecule has 1 atom stereocenters. The van der Waals surface area contributed by atoms with Crippen LogP contribution in [0.4, 0.5) is 5.82 Å². The maximum Gasteiger partial charge on any atom is 0.126 e. The van der Waals surface area contributed by atoms with Crippen molar-refractivity contribution < 1.29 is 0 Å². The van der Waals surface area contributed by atoms with Crippen molar-refractivity contribution in [2.24, 2.45) is 5.73 Å². The van der Waals surface area contributed by atoms with E-state index < -0.39 is 0 Å². The molecule has 18 heavy (non-hydrogen) atoms. The Balaban J connectivity index is 2.10. The maximum atomic E-state index is 5.53. The summed E-state index contributed by atoms with van der Waals surface area (Å²) in [5, 5.41) is 6.39. The van der Waals surface area contributed by atoms with Crippen molar-refractivity contribution in [3.63, 3.8) is 0 Å². The highest BCUT2D eigenvalue weighted by molar-refractivity contribution is 7.80. The molecule has 94 valence electrons. The summed E-state index contributed by atoms with van der Waals surface area (Å²) in [5.74, 6) is 0.803. The van der Waals surface area contributed by atoms with Gasteiger partial charge in [-0.3, -0.25) is 0 Å². The van der Waals surface area contributed by atoms with Gasteiger partial charge in [-0.15, -0.1) is 11.3 Å². The molecule has 3 N–H and O–H groups in total. The minimum atomic E-state index is 0.188. The number of aromatic nitrogens is 2. The number of nitrogens with zero attached hydrogens (tertiary/aromatic N) is 2. The topological polar surface area (TPSA) is 63.8 Å². The second kappa shape index (κ2) is 5.88. The van der Waals surface area contributed by atoms with E-state index in [1.165, 1.54) is 0 Å². The Morgan fingerprint density at radius 1 is 1.50 bits per heavy atom. The van der Waals surface area contributed by atoms with Gasteiger partial charge >= 0.3 is 0 Å². The highest BCUT2D eigenvalue weighted by Gasteiger charge is 2.12. The van der Waals surface area contributed by atoms with Crippen LogP contribution >= 0.6 is 23.6 Å². The molecule has 6 heteroatoms. The molecule has 0 radical (unpaired) electrons. The molecule has 0 aliphatic rings. The van der Waals surface area contributed by atoms with Crippen molar-refractivity contribution >= 4 is 34.4 Å². The molecule has 0 bridgehead atoms. The van der Waals surface area contributed by atoms with Crippen LogP contribution in [-0.4, -0.2) is 15.0 Å². The third kappa shape index (κ3) is 3.02. The molecule has 2 aromatic rings. The molecule has 1 unspecified atom stereocenters. The van der Waals surface area contributed by atoms with E-state index in [9.17, 15) is 0 Å². The van der Waals surface area contributed by atoms with Crippen LogP contribution in [-0.2, 0) is 0 Å². The summed E-state index contributed by atoms with van der Waals surface area (Å²) in [5.41, 5.74) is 6.31. The normalized spacial score (nSPS) is 12.1. The predicted octanol–water partition coefficient (Wildman–Crippen LogP) is 2.74. The summed E-state index contributed by atoms with van der Waals surface area (Å²) < 4.78 is 0. The number of nitrogens with one attached hydrogen (secondary N) is 1. The second-order valence-corrected chi connectivity index (χ2v) is 5.14. The van der Waals surface area contributed by atoms with E-state index in [2.05, 4.69) is 22.2 Å². The molecule has 0 saturated heterocycles. The number of hydrogen-bond donors (Lipinski definition) is 2. The Morgan fingerprint density at radius 2 is 2.33 bits per heavy atom. The maximum absolute atomic E-state index is 5.53. The van der Waals surface area contributed by atoms with E-state index in [1.54, 1.807) is 17.5 Å². The molecule has 0 fully saturated rings. The third-order valence-corrected chi connectivity index (χ3v) is 3.65. The summed E-state index contributed by atoms with van der Waals surface area (Å²) in [6.45, 7) is 2.11. The largest absolute Gasteiger partial charge is 0.389 e. The first kappa shape index (κ1) is 12.9. The Hall–Kier alpha value is -1.53. The highest BCUT2D eigenvalue weighted by Crippen LogP contribution is 2.23. The first-order valence-corrected chi connectivity index (χ1v) is 6.91. The first-order chi connectivity index (χ1) is 8.70. The SMILES string of the molecule is CCC(Nc1ccc(C(N)=S)cn1)c1nccs1. The van der Waals surface area contributed by atoms with Crippen molar-refractivity contribution in [1.82, 2.24) is 9.97 Å².